The molecule has 3 N–H and O–H groups in total. The highest BCUT2D eigenvalue weighted by Crippen LogP contribution is 2.32. The van der Waals surface area contributed by atoms with Crippen LogP contribution < -0.4 is 0 Å². The highest BCUT2D eigenvalue weighted by Gasteiger charge is 2.18. The van der Waals surface area contributed by atoms with Gasteiger partial charge in [0.05, 0.1) is 18.4 Å². The minimum absolute atomic E-state index is 0.0190. The predicted octanol–water partition coefficient (Wildman–Crippen LogP) is 7.27. The fourth-order valence-corrected chi connectivity index (χ4v) is 4.18. The third-order valence-electron chi connectivity index (χ3n) is 6.19. The molecule has 1 aromatic rings. The van der Waals surface area contributed by atoms with E-state index in [-0.39, 0.29) is 12.4 Å². The van der Waals surface area contributed by atoms with Gasteiger partial charge in [0, 0.05) is 17.3 Å². The van der Waals surface area contributed by atoms with Crippen molar-refractivity contribution in [3.8, 4) is 5.75 Å². The molecule has 1 aromatic heterocycles. The first-order valence-corrected chi connectivity index (χ1v) is 12.6. The van der Waals surface area contributed by atoms with Gasteiger partial charge in [-0.25, -0.2) is 0 Å². The topological polar surface area (TPSA) is 73.6 Å². The Bertz CT molecular complexity index is 547. The van der Waals surface area contributed by atoms with Crippen LogP contribution in [0, 0.1) is 6.92 Å². The van der Waals surface area contributed by atoms with E-state index in [0.29, 0.717) is 23.2 Å². The molecule has 0 saturated carbocycles. The van der Waals surface area contributed by atoms with Crippen molar-refractivity contribution in [2.75, 3.05) is 0 Å². The SMILES string of the molecule is CCCCCCCCCCCCCCCCCCC(O)c1c(CO)cnc(C)c1O. The predicted molar refractivity (Wildman–Crippen MR) is 126 cm³/mol. The molecule has 0 saturated heterocycles. The van der Waals surface area contributed by atoms with Crippen LogP contribution in [0.1, 0.15) is 139 Å². The van der Waals surface area contributed by atoms with Gasteiger partial charge in [-0.1, -0.05) is 110 Å². The quantitative estimate of drug-likeness (QED) is 0.205. The molecule has 4 heteroatoms. The van der Waals surface area contributed by atoms with Crippen molar-refractivity contribution in [2.24, 2.45) is 0 Å². The smallest absolute Gasteiger partial charge is 0.142 e. The zero-order chi connectivity index (χ0) is 22.0. The molecule has 0 aliphatic heterocycles. The number of nitrogens with zero attached hydrogens (tertiary/aromatic N) is 1. The van der Waals surface area contributed by atoms with Crippen LogP contribution >= 0.6 is 0 Å². The van der Waals surface area contributed by atoms with Gasteiger partial charge in [0.15, 0.2) is 0 Å². The van der Waals surface area contributed by atoms with Gasteiger partial charge >= 0.3 is 0 Å². The third-order valence-corrected chi connectivity index (χ3v) is 6.19. The number of aromatic nitrogens is 1. The summed E-state index contributed by atoms with van der Waals surface area (Å²) in [6.07, 6.45) is 22.6. The number of aliphatic hydroxyl groups excluding tert-OH is 2. The van der Waals surface area contributed by atoms with Crippen molar-refractivity contribution in [3.63, 3.8) is 0 Å². The Kier molecular flexibility index (Phi) is 15.7. The monoisotopic (exact) mass is 421 g/mol. The molecule has 0 amide bonds. The summed E-state index contributed by atoms with van der Waals surface area (Å²) >= 11 is 0. The average Bonchev–Trinajstić information content (AvgIpc) is 2.75. The molecule has 0 spiro atoms. The summed E-state index contributed by atoms with van der Waals surface area (Å²) in [6, 6.07) is 0. The van der Waals surface area contributed by atoms with Crippen molar-refractivity contribution >= 4 is 0 Å². The van der Waals surface area contributed by atoms with Crippen LogP contribution in [0.4, 0.5) is 0 Å². The van der Waals surface area contributed by atoms with Gasteiger partial charge in [-0.15, -0.1) is 0 Å². The lowest BCUT2D eigenvalue weighted by Crippen LogP contribution is -2.05. The van der Waals surface area contributed by atoms with Gasteiger partial charge < -0.3 is 15.3 Å². The standard InChI is InChI=1S/C26H47NO3/c1-3-4-5-6-7-8-9-10-11-12-13-14-15-16-17-18-19-24(29)25-23(21-28)20-27-22(2)26(25)30/h20,24,28-30H,3-19,21H2,1-2H3. The Morgan fingerprint density at radius 1 is 0.767 bits per heavy atom. The van der Waals surface area contributed by atoms with E-state index in [1.54, 1.807) is 13.1 Å². The molecule has 0 fully saturated rings. The molecule has 0 aromatic carbocycles. The highest BCUT2D eigenvalue weighted by atomic mass is 16.3. The highest BCUT2D eigenvalue weighted by molar-refractivity contribution is 5.42. The zero-order valence-electron chi connectivity index (χ0n) is 19.7. The van der Waals surface area contributed by atoms with Crippen molar-refractivity contribution < 1.29 is 15.3 Å². The number of rotatable bonds is 19. The van der Waals surface area contributed by atoms with E-state index in [0.717, 1.165) is 12.8 Å². The van der Waals surface area contributed by atoms with E-state index < -0.39 is 6.10 Å². The first-order chi connectivity index (χ1) is 14.6. The van der Waals surface area contributed by atoms with Crippen molar-refractivity contribution in [3.05, 3.63) is 23.0 Å². The Balaban J connectivity index is 1.97. The summed E-state index contributed by atoms with van der Waals surface area (Å²) in [6.45, 7) is 3.77. The Labute approximate surface area is 185 Å². The minimum Gasteiger partial charge on any atom is -0.506 e. The number of pyridine rings is 1. The van der Waals surface area contributed by atoms with Gasteiger partial charge in [0.25, 0.3) is 0 Å². The number of aromatic hydroxyl groups is 1. The molecule has 1 atom stereocenters. The van der Waals surface area contributed by atoms with Crippen molar-refractivity contribution in [2.45, 2.75) is 136 Å². The largest absolute Gasteiger partial charge is 0.506 e. The van der Waals surface area contributed by atoms with E-state index in [1.165, 1.54) is 89.9 Å². The van der Waals surface area contributed by atoms with E-state index in [4.69, 9.17) is 0 Å². The average molecular weight is 422 g/mol. The number of unbranched alkanes of at least 4 members (excludes halogenated alkanes) is 15. The molecule has 0 bridgehead atoms. The summed E-state index contributed by atoms with van der Waals surface area (Å²) in [5.74, 6) is 0.0190. The van der Waals surface area contributed by atoms with Crippen molar-refractivity contribution in [1.29, 1.82) is 0 Å². The summed E-state index contributed by atoms with van der Waals surface area (Å²) in [5, 5.41) is 30.1. The molecule has 0 radical (unpaired) electrons. The van der Waals surface area contributed by atoms with Crippen LogP contribution in [0.5, 0.6) is 5.75 Å². The van der Waals surface area contributed by atoms with Gasteiger partial charge in [-0.2, -0.15) is 0 Å². The van der Waals surface area contributed by atoms with Crippen LogP contribution in [0.2, 0.25) is 0 Å². The molecule has 0 aliphatic carbocycles. The number of hydrogen-bond acceptors (Lipinski definition) is 4. The van der Waals surface area contributed by atoms with Crippen LogP contribution in [0.3, 0.4) is 0 Å². The summed E-state index contributed by atoms with van der Waals surface area (Å²) in [7, 11) is 0. The van der Waals surface area contributed by atoms with Crippen LogP contribution in [-0.2, 0) is 6.61 Å². The second-order valence-corrected chi connectivity index (χ2v) is 8.90. The molecule has 4 nitrogen and oxygen atoms in total. The van der Waals surface area contributed by atoms with Gasteiger partial charge in [-0.05, 0) is 13.3 Å². The first-order valence-electron chi connectivity index (χ1n) is 12.6. The molecular formula is C26H47NO3. The molecule has 1 unspecified atom stereocenters. The Hall–Kier alpha value is -1.13. The lowest BCUT2D eigenvalue weighted by molar-refractivity contribution is 0.155. The Morgan fingerprint density at radius 2 is 1.20 bits per heavy atom. The lowest BCUT2D eigenvalue weighted by Gasteiger charge is -2.17. The maximum atomic E-state index is 10.5. The Morgan fingerprint density at radius 3 is 1.63 bits per heavy atom. The second kappa shape index (κ2) is 17.5. The van der Waals surface area contributed by atoms with Crippen LogP contribution in [-0.4, -0.2) is 20.3 Å². The molecule has 30 heavy (non-hydrogen) atoms. The van der Waals surface area contributed by atoms with E-state index in [1.807, 2.05) is 0 Å². The van der Waals surface area contributed by atoms with Crippen LogP contribution in [0.25, 0.3) is 0 Å². The summed E-state index contributed by atoms with van der Waals surface area (Å²) in [4.78, 5) is 4.05. The van der Waals surface area contributed by atoms with E-state index in [2.05, 4.69) is 11.9 Å². The number of aliphatic hydroxyl groups is 2. The lowest BCUT2D eigenvalue weighted by atomic mass is 9.97. The summed E-state index contributed by atoms with van der Waals surface area (Å²) in [5.41, 5.74) is 1.46. The second-order valence-electron chi connectivity index (χ2n) is 8.90. The molecule has 1 heterocycles. The molecule has 174 valence electrons. The maximum Gasteiger partial charge on any atom is 0.142 e. The maximum absolute atomic E-state index is 10.5. The van der Waals surface area contributed by atoms with Gasteiger partial charge in [-0.3, -0.25) is 4.98 Å². The van der Waals surface area contributed by atoms with E-state index >= 15 is 0 Å². The number of hydrogen-bond donors (Lipinski definition) is 3. The van der Waals surface area contributed by atoms with Gasteiger partial charge in [0.1, 0.15) is 5.75 Å². The van der Waals surface area contributed by atoms with E-state index in [9.17, 15) is 15.3 Å². The van der Waals surface area contributed by atoms with Crippen molar-refractivity contribution in [1.82, 2.24) is 4.98 Å². The fourth-order valence-electron chi connectivity index (χ4n) is 4.18. The summed E-state index contributed by atoms with van der Waals surface area (Å²) < 4.78 is 0. The zero-order valence-corrected chi connectivity index (χ0v) is 19.7. The number of aryl methyl sites for hydroxylation is 1. The third kappa shape index (κ3) is 11.3. The van der Waals surface area contributed by atoms with Crippen LogP contribution in [0.15, 0.2) is 6.20 Å². The first kappa shape index (κ1) is 26.9. The molecular weight excluding hydrogens is 374 g/mol. The normalized spacial score (nSPS) is 12.4. The molecule has 1 rings (SSSR count). The fraction of sp³-hybridized carbons (Fsp3) is 0.808. The van der Waals surface area contributed by atoms with Gasteiger partial charge in [0.2, 0.25) is 0 Å². The minimum atomic E-state index is -0.736. The molecule has 0 aliphatic rings.